The number of thiophene rings is 1. The molecule has 1 amide bonds. The second-order valence-corrected chi connectivity index (χ2v) is 6.33. The summed E-state index contributed by atoms with van der Waals surface area (Å²) in [6, 6.07) is 6.34. The first kappa shape index (κ1) is 14.0. The molecule has 0 aliphatic heterocycles. The number of carbonyl (C=O) groups is 1. The molecule has 0 saturated heterocycles. The van der Waals surface area contributed by atoms with Gasteiger partial charge in [0.25, 0.3) is 11.6 Å². The molecule has 110 valence electrons. The van der Waals surface area contributed by atoms with Gasteiger partial charge < -0.3 is 11.1 Å². The first-order valence-corrected chi connectivity index (χ1v) is 7.59. The summed E-state index contributed by atoms with van der Waals surface area (Å²) in [5.74, 6) is 0.343. The monoisotopic (exact) mass is 305 g/mol. The van der Waals surface area contributed by atoms with Crippen LogP contribution in [0.25, 0.3) is 10.1 Å². The Balaban J connectivity index is 1.82. The van der Waals surface area contributed by atoms with Crippen LogP contribution >= 0.6 is 11.3 Å². The van der Waals surface area contributed by atoms with Gasteiger partial charge in [0.15, 0.2) is 0 Å². The number of carbonyl (C=O) groups excluding carboxylic acids is 1. The molecule has 6 nitrogen and oxygen atoms in total. The van der Waals surface area contributed by atoms with Crippen molar-refractivity contribution < 1.29 is 9.72 Å². The molecule has 2 aromatic rings. The first-order chi connectivity index (χ1) is 10.1. The van der Waals surface area contributed by atoms with Crippen LogP contribution in [0, 0.1) is 16.0 Å². The van der Waals surface area contributed by atoms with Crippen molar-refractivity contribution in [3.63, 3.8) is 0 Å². The van der Waals surface area contributed by atoms with Gasteiger partial charge in [-0.25, -0.2) is 0 Å². The molecule has 1 atom stereocenters. The highest BCUT2D eigenvalue weighted by atomic mass is 32.1. The molecule has 1 aromatic heterocycles. The normalized spacial score (nSPS) is 15.9. The standard InChI is InChI=1S/C14H15N3O3S/c15-7-11(8-1-2-8)16-14(18)13-6-9-5-10(17(19)20)3-4-12(9)21-13/h3-6,8,11H,1-2,7,15H2,(H,16,18). The Morgan fingerprint density at radius 1 is 1.48 bits per heavy atom. The molecule has 1 aromatic carbocycles. The summed E-state index contributed by atoms with van der Waals surface area (Å²) in [7, 11) is 0. The molecule has 0 spiro atoms. The Bertz CT molecular complexity index is 709. The number of nitro benzene ring substituents is 1. The fourth-order valence-electron chi connectivity index (χ4n) is 2.36. The second kappa shape index (κ2) is 5.42. The van der Waals surface area contributed by atoms with E-state index < -0.39 is 4.92 Å². The molecule has 3 rings (SSSR count). The van der Waals surface area contributed by atoms with Gasteiger partial charge in [0, 0.05) is 34.8 Å². The Kier molecular flexibility index (Phi) is 3.60. The molecule has 1 aliphatic carbocycles. The summed E-state index contributed by atoms with van der Waals surface area (Å²) in [6.45, 7) is 0.437. The molecule has 1 fully saturated rings. The predicted molar refractivity (Wildman–Crippen MR) is 81.5 cm³/mol. The first-order valence-electron chi connectivity index (χ1n) is 6.77. The summed E-state index contributed by atoms with van der Waals surface area (Å²) in [4.78, 5) is 23.1. The van der Waals surface area contributed by atoms with Crippen molar-refractivity contribution in [1.82, 2.24) is 5.32 Å². The number of rotatable bonds is 5. The summed E-state index contributed by atoms with van der Waals surface area (Å²) in [5, 5.41) is 14.4. The van der Waals surface area contributed by atoms with Crippen LogP contribution in [0.5, 0.6) is 0 Å². The van der Waals surface area contributed by atoms with Gasteiger partial charge >= 0.3 is 0 Å². The van der Waals surface area contributed by atoms with Crippen LogP contribution in [0.1, 0.15) is 22.5 Å². The minimum absolute atomic E-state index is 0.0250. The number of amides is 1. The smallest absolute Gasteiger partial charge is 0.270 e. The zero-order chi connectivity index (χ0) is 15.0. The van der Waals surface area contributed by atoms with E-state index in [0.717, 1.165) is 22.9 Å². The van der Waals surface area contributed by atoms with E-state index in [-0.39, 0.29) is 17.6 Å². The van der Waals surface area contributed by atoms with Crippen molar-refractivity contribution >= 4 is 33.0 Å². The Morgan fingerprint density at radius 2 is 2.24 bits per heavy atom. The van der Waals surface area contributed by atoms with Crippen molar-refractivity contribution in [3.8, 4) is 0 Å². The van der Waals surface area contributed by atoms with Crippen LogP contribution in [-0.4, -0.2) is 23.4 Å². The number of hydrogen-bond donors (Lipinski definition) is 2. The molecule has 0 bridgehead atoms. The predicted octanol–water partition coefficient (Wildman–Crippen LogP) is 2.28. The lowest BCUT2D eigenvalue weighted by Gasteiger charge is -2.14. The lowest BCUT2D eigenvalue weighted by atomic mass is 10.2. The highest BCUT2D eigenvalue weighted by Crippen LogP contribution is 2.33. The summed E-state index contributed by atoms with van der Waals surface area (Å²) in [6.07, 6.45) is 2.22. The van der Waals surface area contributed by atoms with E-state index >= 15 is 0 Å². The van der Waals surface area contributed by atoms with Gasteiger partial charge in [0.05, 0.1) is 9.80 Å². The molecule has 0 radical (unpaired) electrons. The number of nitro groups is 1. The third-order valence-corrected chi connectivity index (χ3v) is 4.81. The average molecular weight is 305 g/mol. The number of benzene rings is 1. The summed E-state index contributed by atoms with van der Waals surface area (Å²) in [5.41, 5.74) is 5.71. The molecule has 1 saturated carbocycles. The van der Waals surface area contributed by atoms with Crippen molar-refractivity contribution in [3.05, 3.63) is 39.3 Å². The van der Waals surface area contributed by atoms with E-state index in [4.69, 9.17) is 5.73 Å². The summed E-state index contributed by atoms with van der Waals surface area (Å²) >= 11 is 1.33. The number of fused-ring (bicyclic) bond motifs is 1. The Labute approximate surface area is 125 Å². The minimum atomic E-state index is -0.436. The number of non-ortho nitro benzene ring substituents is 1. The molecule has 1 aliphatic rings. The van der Waals surface area contributed by atoms with E-state index in [1.165, 1.54) is 23.5 Å². The van der Waals surface area contributed by atoms with Gasteiger partial charge in [0.1, 0.15) is 0 Å². The lowest BCUT2D eigenvalue weighted by molar-refractivity contribution is -0.384. The highest BCUT2D eigenvalue weighted by Gasteiger charge is 2.31. The second-order valence-electron chi connectivity index (χ2n) is 5.24. The zero-order valence-corrected chi connectivity index (χ0v) is 12.1. The fraction of sp³-hybridized carbons (Fsp3) is 0.357. The van der Waals surface area contributed by atoms with Gasteiger partial charge in [-0.1, -0.05) is 0 Å². The van der Waals surface area contributed by atoms with Crippen LogP contribution in [0.2, 0.25) is 0 Å². The lowest BCUT2D eigenvalue weighted by Crippen LogP contribution is -2.41. The molecule has 7 heteroatoms. The molecule has 1 heterocycles. The highest BCUT2D eigenvalue weighted by molar-refractivity contribution is 7.20. The molecular formula is C14H15N3O3S. The van der Waals surface area contributed by atoms with E-state index in [0.29, 0.717) is 17.3 Å². The summed E-state index contributed by atoms with van der Waals surface area (Å²) < 4.78 is 0.862. The Hall–Kier alpha value is -1.99. The molecule has 1 unspecified atom stereocenters. The van der Waals surface area contributed by atoms with E-state index in [1.54, 1.807) is 12.1 Å². The van der Waals surface area contributed by atoms with Gasteiger partial charge in [-0.2, -0.15) is 0 Å². The third-order valence-electron chi connectivity index (χ3n) is 3.70. The number of hydrogen-bond acceptors (Lipinski definition) is 5. The number of nitrogens with one attached hydrogen (secondary N) is 1. The van der Waals surface area contributed by atoms with Crippen LogP contribution < -0.4 is 11.1 Å². The minimum Gasteiger partial charge on any atom is -0.347 e. The zero-order valence-electron chi connectivity index (χ0n) is 11.2. The topological polar surface area (TPSA) is 98.3 Å². The SMILES string of the molecule is NCC(NC(=O)c1cc2cc([N+](=O)[O-])ccc2s1)C1CC1. The number of nitrogens with two attached hydrogens (primary N) is 1. The van der Waals surface area contributed by atoms with Crippen molar-refractivity contribution in [2.24, 2.45) is 11.7 Å². The largest absolute Gasteiger partial charge is 0.347 e. The Morgan fingerprint density at radius 3 is 2.86 bits per heavy atom. The van der Waals surface area contributed by atoms with Gasteiger partial charge in [0.2, 0.25) is 0 Å². The molecule has 21 heavy (non-hydrogen) atoms. The van der Waals surface area contributed by atoms with Crippen molar-refractivity contribution in [1.29, 1.82) is 0 Å². The average Bonchev–Trinajstić information content (AvgIpc) is 3.21. The van der Waals surface area contributed by atoms with Crippen LogP contribution in [0.4, 0.5) is 5.69 Å². The van der Waals surface area contributed by atoms with Crippen molar-refractivity contribution in [2.45, 2.75) is 18.9 Å². The quantitative estimate of drug-likeness (QED) is 0.654. The van der Waals surface area contributed by atoms with Gasteiger partial charge in [-0.3, -0.25) is 14.9 Å². The van der Waals surface area contributed by atoms with Crippen molar-refractivity contribution in [2.75, 3.05) is 6.54 Å². The van der Waals surface area contributed by atoms with Gasteiger partial charge in [-0.15, -0.1) is 11.3 Å². The van der Waals surface area contributed by atoms with E-state index in [2.05, 4.69) is 5.32 Å². The van der Waals surface area contributed by atoms with E-state index in [9.17, 15) is 14.9 Å². The van der Waals surface area contributed by atoms with Gasteiger partial charge in [-0.05, 0) is 30.9 Å². The van der Waals surface area contributed by atoms with Crippen LogP contribution in [-0.2, 0) is 0 Å². The van der Waals surface area contributed by atoms with Crippen LogP contribution in [0.3, 0.4) is 0 Å². The van der Waals surface area contributed by atoms with Crippen LogP contribution in [0.15, 0.2) is 24.3 Å². The maximum atomic E-state index is 12.2. The third kappa shape index (κ3) is 2.88. The maximum absolute atomic E-state index is 12.2. The molecular weight excluding hydrogens is 290 g/mol. The number of nitrogens with zero attached hydrogens (tertiary/aromatic N) is 1. The fourth-order valence-corrected chi connectivity index (χ4v) is 3.31. The maximum Gasteiger partial charge on any atom is 0.270 e. The van der Waals surface area contributed by atoms with E-state index in [1.807, 2.05) is 0 Å². The molecule has 3 N–H and O–H groups in total.